The van der Waals surface area contributed by atoms with Gasteiger partial charge in [0.2, 0.25) is 0 Å². The zero-order valence-electron chi connectivity index (χ0n) is 16.6. The Bertz CT molecular complexity index is 1070. The van der Waals surface area contributed by atoms with E-state index < -0.39 is 0 Å². The molecule has 4 rings (SSSR count). The van der Waals surface area contributed by atoms with Crippen LogP contribution in [0.15, 0.2) is 53.5 Å². The van der Waals surface area contributed by atoms with Crippen LogP contribution in [0.3, 0.4) is 0 Å². The summed E-state index contributed by atoms with van der Waals surface area (Å²) in [7, 11) is 0. The molecule has 0 saturated heterocycles. The van der Waals surface area contributed by atoms with Crippen LogP contribution in [0.4, 0.5) is 0 Å². The van der Waals surface area contributed by atoms with E-state index >= 15 is 0 Å². The Kier molecular flexibility index (Phi) is 7.84. The number of nitrogens with zero attached hydrogens (tertiary/aromatic N) is 1. The van der Waals surface area contributed by atoms with E-state index in [1.54, 1.807) is 0 Å². The Morgan fingerprint density at radius 2 is 1.87 bits per heavy atom. The highest BCUT2D eigenvalue weighted by molar-refractivity contribution is 6.42. The monoisotopic (exact) mass is 464 g/mol. The summed E-state index contributed by atoms with van der Waals surface area (Å²) in [6.07, 6.45) is 0. The Balaban J connectivity index is 0.00000256. The second-order valence-corrected chi connectivity index (χ2v) is 7.50. The van der Waals surface area contributed by atoms with Crippen molar-refractivity contribution in [3.05, 3.63) is 64.1 Å². The molecule has 0 aliphatic carbocycles. The molecule has 3 aromatic carbocycles. The molecule has 7 heteroatoms. The van der Waals surface area contributed by atoms with Gasteiger partial charge >= 0.3 is 0 Å². The minimum absolute atomic E-state index is 0. The molecule has 0 amide bonds. The lowest BCUT2D eigenvalue weighted by molar-refractivity contribution is 0.110. The summed E-state index contributed by atoms with van der Waals surface area (Å²) in [5, 5.41) is 6.60. The third-order valence-corrected chi connectivity index (χ3v) is 5.56. The van der Waals surface area contributed by atoms with Gasteiger partial charge in [0.15, 0.2) is 0 Å². The van der Waals surface area contributed by atoms with Gasteiger partial charge in [-0.2, -0.15) is 0 Å². The van der Waals surface area contributed by atoms with Crippen LogP contribution >= 0.6 is 35.6 Å². The zero-order chi connectivity index (χ0) is 20.2. The lowest BCUT2D eigenvalue weighted by Crippen LogP contribution is -2.21. The van der Waals surface area contributed by atoms with Crippen LogP contribution in [0.1, 0.15) is 12.5 Å². The fraction of sp³-hybridized carbons (Fsp3) is 0.261. The Morgan fingerprint density at radius 1 is 1.03 bits per heavy atom. The van der Waals surface area contributed by atoms with Crippen LogP contribution < -0.4 is 10.1 Å². The SMILES string of the molecule is CCOCCOc1c(C2=NCCN2)cc2ccccc2c1-c1ccc(Cl)c(Cl)c1.Cl. The molecule has 3 aromatic rings. The predicted molar refractivity (Wildman–Crippen MR) is 128 cm³/mol. The van der Waals surface area contributed by atoms with E-state index in [1.807, 2.05) is 37.3 Å². The van der Waals surface area contributed by atoms with E-state index in [0.717, 1.165) is 52.1 Å². The van der Waals surface area contributed by atoms with Gasteiger partial charge in [-0.1, -0.05) is 53.5 Å². The lowest BCUT2D eigenvalue weighted by Gasteiger charge is -2.19. The number of ether oxygens (including phenoxy) is 2. The molecule has 0 spiro atoms. The molecule has 158 valence electrons. The van der Waals surface area contributed by atoms with E-state index in [0.29, 0.717) is 29.9 Å². The Morgan fingerprint density at radius 3 is 2.60 bits per heavy atom. The fourth-order valence-corrected chi connectivity index (χ4v) is 3.82. The number of aliphatic imine (C=N–C) groups is 1. The van der Waals surface area contributed by atoms with Gasteiger partial charge in [0.25, 0.3) is 0 Å². The zero-order valence-corrected chi connectivity index (χ0v) is 18.9. The van der Waals surface area contributed by atoms with Crippen LogP contribution in [0.2, 0.25) is 10.0 Å². The summed E-state index contributed by atoms with van der Waals surface area (Å²) >= 11 is 12.5. The number of rotatable bonds is 7. The van der Waals surface area contributed by atoms with E-state index in [2.05, 4.69) is 28.5 Å². The number of fused-ring (bicyclic) bond motifs is 1. The van der Waals surface area contributed by atoms with Gasteiger partial charge in [-0.05, 0) is 41.5 Å². The highest BCUT2D eigenvalue weighted by Crippen LogP contribution is 2.42. The average Bonchev–Trinajstić information content (AvgIpc) is 3.27. The van der Waals surface area contributed by atoms with Gasteiger partial charge in [-0.25, -0.2) is 0 Å². The summed E-state index contributed by atoms with van der Waals surface area (Å²) in [6, 6.07) is 16.0. The van der Waals surface area contributed by atoms with Gasteiger partial charge in [0, 0.05) is 18.7 Å². The first kappa shape index (κ1) is 22.7. The van der Waals surface area contributed by atoms with Crippen molar-refractivity contribution in [1.29, 1.82) is 0 Å². The molecule has 0 atom stereocenters. The molecule has 1 heterocycles. The fourth-order valence-electron chi connectivity index (χ4n) is 3.52. The van der Waals surface area contributed by atoms with Gasteiger partial charge in [0.1, 0.15) is 18.2 Å². The summed E-state index contributed by atoms with van der Waals surface area (Å²) < 4.78 is 11.8. The highest BCUT2D eigenvalue weighted by Gasteiger charge is 2.22. The third kappa shape index (κ3) is 4.68. The second-order valence-electron chi connectivity index (χ2n) is 6.68. The van der Waals surface area contributed by atoms with Crippen molar-refractivity contribution in [2.75, 3.05) is 32.9 Å². The summed E-state index contributed by atoms with van der Waals surface area (Å²) in [4.78, 5) is 4.63. The summed E-state index contributed by atoms with van der Waals surface area (Å²) in [5.41, 5.74) is 2.87. The molecule has 1 aliphatic rings. The molecular weight excluding hydrogens is 443 g/mol. The van der Waals surface area contributed by atoms with Gasteiger partial charge in [-0.3, -0.25) is 4.99 Å². The minimum Gasteiger partial charge on any atom is -0.490 e. The number of hydrogen-bond acceptors (Lipinski definition) is 4. The van der Waals surface area contributed by atoms with E-state index in [4.69, 9.17) is 32.7 Å². The molecule has 0 unspecified atom stereocenters. The van der Waals surface area contributed by atoms with Crippen molar-refractivity contribution < 1.29 is 9.47 Å². The van der Waals surface area contributed by atoms with Gasteiger partial charge in [0.05, 0.1) is 28.8 Å². The normalized spacial score (nSPS) is 13.0. The maximum Gasteiger partial charge on any atom is 0.138 e. The van der Waals surface area contributed by atoms with E-state index in [9.17, 15) is 0 Å². The lowest BCUT2D eigenvalue weighted by atomic mass is 9.93. The van der Waals surface area contributed by atoms with Crippen molar-refractivity contribution in [2.45, 2.75) is 6.92 Å². The first-order valence-electron chi connectivity index (χ1n) is 9.69. The standard InChI is InChI=1S/C23H22Cl2N2O2.ClH/c1-2-28-11-12-29-22-18(23-26-9-10-27-23)13-15-5-3-4-6-17(15)21(22)16-7-8-19(24)20(25)14-16;/h3-8,13-14H,2,9-12H2,1H3,(H,26,27);1H. The van der Waals surface area contributed by atoms with Crippen LogP contribution in [0, 0.1) is 0 Å². The van der Waals surface area contributed by atoms with Crippen molar-refractivity contribution in [1.82, 2.24) is 5.32 Å². The van der Waals surface area contributed by atoms with Crippen molar-refractivity contribution in [2.24, 2.45) is 4.99 Å². The first-order valence-corrected chi connectivity index (χ1v) is 10.4. The predicted octanol–water partition coefficient (Wildman–Crippen LogP) is 6.00. The van der Waals surface area contributed by atoms with Crippen LogP contribution in [0.5, 0.6) is 5.75 Å². The number of amidine groups is 1. The van der Waals surface area contributed by atoms with E-state index in [-0.39, 0.29) is 12.4 Å². The molecular formula is C23H23Cl3N2O2. The molecule has 1 N–H and O–H groups in total. The van der Waals surface area contributed by atoms with Gasteiger partial charge in [-0.15, -0.1) is 12.4 Å². The number of halogens is 3. The van der Waals surface area contributed by atoms with Crippen LogP contribution in [0.25, 0.3) is 21.9 Å². The second kappa shape index (κ2) is 10.4. The maximum absolute atomic E-state index is 6.35. The average molecular weight is 466 g/mol. The topological polar surface area (TPSA) is 42.9 Å². The van der Waals surface area contributed by atoms with Crippen molar-refractivity contribution in [3.63, 3.8) is 0 Å². The molecule has 0 fully saturated rings. The Hall–Kier alpha value is -1.98. The Labute approximate surface area is 192 Å². The quantitative estimate of drug-likeness (QED) is 0.435. The summed E-state index contributed by atoms with van der Waals surface area (Å²) in [5.74, 6) is 1.62. The number of hydrogen-bond donors (Lipinski definition) is 1. The highest BCUT2D eigenvalue weighted by atomic mass is 35.5. The number of benzene rings is 3. The molecule has 30 heavy (non-hydrogen) atoms. The smallest absolute Gasteiger partial charge is 0.138 e. The van der Waals surface area contributed by atoms with Crippen LogP contribution in [-0.4, -0.2) is 38.7 Å². The molecule has 0 bridgehead atoms. The minimum atomic E-state index is 0. The molecule has 0 saturated carbocycles. The number of nitrogens with one attached hydrogen (secondary N) is 1. The molecule has 4 nitrogen and oxygen atoms in total. The van der Waals surface area contributed by atoms with Crippen molar-refractivity contribution in [3.8, 4) is 16.9 Å². The summed E-state index contributed by atoms with van der Waals surface area (Å²) in [6.45, 7) is 5.16. The maximum atomic E-state index is 6.35. The van der Waals surface area contributed by atoms with Gasteiger partial charge < -0.3 is 14.8 Å². The molecule has 1 aliphatic heterocycles. The molecule has 0 aromatic heterocycles. The van der Waals surface area contributed by atoms with Crippen molar-refractivity contribution >= 4 is 52.2 Å². The first-order chi connectivity index (χ1) is 14.2. The van der Waals surface area contributed by atoms with Crippen LogP contribution in [-0.2, 0) is 4.74 Å². The third-order valence-electron chi connectivity index (χ3n) is 4.82. The van der Waals surface area contributed by atoms with E-state index in [1.165, 1.54) is 0 Å². The largest absolute Gasteiger partial charge is 0.490 e. The molecule has 0 radical (unpaired) electrons.